The highest BCUT2D eigenvalue weighted by atomic mass is 16.2. The van der Waals surface area contributed by atoms with Crippen molar-refractivity contribution in [1.82, 2.24) is 25.0 Å². The van der Waals surface area contributed by atoms with Gasteiger partial charge in [-0.3, -0.25) is 9.59 Å². The van der Waals surface area contributed by atoms with Crippen molar-refractivity contribution in [2.75, 3.05) is 43.0 Å². The number of carbonyl (C=O) groups excluding carboxylic acids is 2. The number of amides is 2. The van der Waals surface area contributed by atoms with Crippen molar-refractivity contribution in [2.45, 2.75) is 51.6 Å². The third-order valence-electron chi connectivity index (χ3n) is 8.18. The molecule has 3 aromatic rings. The van der Waals surface area contributed by atoms with Gasteiger partial charge < -0.3 is 20.0 Å². The zero-order valence-electron chi connectivity index (χ0n) is 22.4. The van der Waals surface area contributed by atoms with Gasteiger partial charge in [0.25, 0.3) is 5.91 Å². The Kier molecular flexibility index (Phi) is 6.39. The fourth-order valence-electron chi connectivity index (χ4n) is 6.04. The van der Waals surface area contributed by atoms with E-state index in [1.54, 1.807) is 9.58 Å². The van der Waals surface area contributed by atoms with Crippen LogP contribution in [0.25, 0.3) is 17.1 Å². The summed E-state index contributed by atoms with van der Waals surface area (Å²) in [5.41, 5.74) is 4.81. The summed E-state index contributed by atoms with van der Waals surface area (Å²) in [6.45, 7) is 6.87. The lowest BCUT2D eigenvalue weighted by atomic mass is 10.0. The van der Waals surface area contributed by atoms with E-state index in [1.165, 1.54) is 12.8 Å². The molecule has 9 heteroatoms. The number of anilines is 2. The van der Waals surface area contributed by atoms with E-state index < -0.39 is 0 Å². The summed E-state index contributed by atoms with van der Waals surface area (Å²) < 4.78 is 1.78. The third kappa shape index (κ3) is 4.24. The van der Waals surface area contributed by atoms with Gasteiger partial charge in [-0.15, -0.1) is 5.10 Å². The number of hydrogen-bond donors (Lipinski definition) is 1. The second-order valence-electron chi connectivity index (χ2n) is 10.7. The van der Waals surface area contributed by atoms with Gasteiger partial charge >= 0.3 is 0 Å². The summed E-state index contributed by atoms with van der Waals surface area (Å²) in [6.07, 6.45) is 4.56. The van der Waals surface area contributed by atoms with Crippen LogP contribution < -0.4 is 15.1 Å². The number of nitrogens with zero attached hydrogens (tertiary/aromatic N) is 6. The first kappa shape index (κ1) is 24.6. The van der Waals surface area contributed by atoms with Gasteiger partial charge in [-0.1, -0.05) is 30.5 Å². The predicted octanol–water partition coefficient (Wildman–Crippen LogP) is 3.40. The second kappa shape index (κ2) is 9.87. The number of carbonyl (C=O) groups is 2. The first-order chi connectivity index (χ1) is 18.4. The number of piperazine rings is 1. The van der Waals surface area contributed by atoms with E-state index in [4.69, 9.17) is 10.1 Å². The SMILES string of the molecule is Cc1ccc(-n2nc(C(=O)N3CCNCC3)nc2-c2ccc3c(c2)N(C2CCCC2)[C@H](C)C(=O)N3C)cc1. The van der Waals surface area contributed by atoms with Crippen LogP contribution in [0.3, 0.4) is 0 Å². The summed E-state index contributed by atoms with van der Waals surface area (Å²) in [7, 11) is 1.85. The van der Waals surface area contributed by atoms with Gasteiger partial charge in [-0.25, -0.2) is 9.67 Å². The molecule has 0 spiro atoms. The van der Waals surface area contributed by atoms with Gasteiger partial charge in [-0.2, -0.15) is 0 Å². The fraction of sp³-hybridized carbons (Fsp3) is 0.448. The number of hydrogen-bond acceptors (Lipinski definition) is 6. The highest BCUT2D eigenvalue weighted by molar-refractivity contribution is 6.05. The van der Waals surface area contributed by atoms with Crippen molar-refractivity contribution in [3.05, 3.63) is 53.9 Å². The summed E-state index contributed by atoms with van der Waals surface area (Å²) in [5, 5.41) is 8.02. The predicted molar refractivity (Wildman–Crippen MR) is 148 cm³/mol. The van der Waals surface area contributed by atoms with Crippen LogP contribution in [0.4, 0.5) is 11.4 Å². The summed E-state index contributed by atoms with van der Waals surface area (Å²) in [4.78, 5) is 37.2. The first-order valence-corrected chi connectivity index (χ1v) is 13.7. The molecule has 2 aromatic carbocycles. The molecule has 1 atom stereocenters. The molecule has 0 unspecified atom stereocenters. The molecule has 1 aliphatic carbocycles. The molecule has 2 aliphatic heterocycles. The Morgan fingerprint density at radius 3 is 2.42 bits per heavy atom. The third-order valence-corrected chi connectivity index (χ3v) is 8.18. The van der Waals surface area contributed by atoms with Gasteiger partial charge in [0.05, 0.1) is 17.1 Å². The van der Waals surface area contributed by atoms with E-state index >= 15 is 0 Å². The summed E-state index contributed by atoms with van der Waals surface area (Å²) >= 11 is 0. The first-order valence-electron chi connectivity index (χ1n) is 13.7. The van der Waals surface area contributed by atoms with Crippen LogP contribution in [0.2, 0.25) is 0 Å². The number of aryl methyl sites for hydroxylation is 1. The van der Waals surface area contributed by atoms with Crippen molar-refractivity contribution in [3.8, 4) is 17.1 Å². The Bertz CT molecular complexity index is 1350. The van der Waals surface area contributed by atoms with Crippen LogP contribution in [-0.2, 0) is 4.79 Å². The summed E-state index contributed by atoms with van der Waals surface area (Å²) in [6, 6.07) is 14.3. The largest absolute Gasteiger partial charge is 0.355 e. The minimum atomic E-state index is -0.231. The van der Waals surface area contributed by atoms with Crippen molar-refractivity contribution in [1.29, 1.82) is 0 Å². The molecule has 3 aliphatic rings. The molecule has 1 saturated heterocycles. The summed E-state index contributed by atoms with van der Waals surface area (Å²) in [5.74, 6) is 0.786. The zero-order chi connectivity index (χ0) is 26.4. The van der Waals surface area contributed by atoms with Gasteiger partial charge in [0.15, 0.2) is 5.82 Å². The van der Waals surface area contributed by atoms with E-state index in [-0.39, 0.29) is 23.7 Å². The molecular weight excluding hydrogens is 478 g/mol. The normalized spacial score (nSPS) is 20.2. The smallest absolute Gasteiger partial charge is 0.293 e. The standard InChI is InChI=1S/C29H35N7O2/c1-19-8-11-23(12-9-19)36-27(31-26(32-36)29(38)34-16-14-30-15-17-34)21-10-13-24-25(18-21)35(22-6-4-5-7-22)20(2)28(37)33(24)3/h8-13,18,20,22,30H,4-7,14-17H2,1-3H3/t20-/m1/s1. The molecule has 2 fully saturated rings. The molecule has 9 nitrogen and oxygen atoms in total. The average molecular weight is 514 g/mol. The Labute approximate surface area is 223 Å². The van der Waals surface area contributed by atoms with E-state index in [1.807, 2.05) is 62.2 Å². The molecule has 0 bridgehead atoms. The van der Waals surface area contributed by atoms with Gasteiger partial charge in [-0.05, 0) is 57.0 Å². The van der Waals surface area contributed by atoms with Crippen molar-refractivity contribution < 1.29 is 9.59 Å². The molecule has 6 rings (SSSR count). The maximum absolute atomic E-state index is 13.4. The molecule has 0 radical (unpaired) electrons. The van der Waals surface area contributed by atoms with Gasteiger partial charge in [0.1, 0.15) is 6.04 Å². The van der Waals surface area contributed by atoms with Crippen LogP contribution >= 0.6 is 0 Å². The lowest BCUT2D eigenvalue weighted by Crippen LogP contribution is -2.54. The molecule has 198 valence electrons. The molecule has 3 heterocycles. The van der Waals surface area contributed by atoms with E-state index in [2.05, 4.69) is 16.3 Å². The topological polar surface area (TPSA) is 86.6 Å². The second-order valence-corrected chi connectivity index (χ2v) is 10.7. The van der Waals surface area contributed by atoms with Crippen molar-refractivity contribution >= 4 is 23.2 Å². The van der Waals surface area contributed by atoms with Gasteiger partial charge in [0, 0.05) is 44.8 Å². The van der Waals surface area contributed by atoms with Crippen LogP contribution in [0.5, 0.6) is 0 Å². The molecule has 1 saturated carbocycles. The molecule has 1 aromatic heterocycles. The number of likely N-dealkylation sites (N-methyl/N-ethyl adjacent to an activating group) is 1. The van der Waals surface area contributed by atoms with E-state index in [0.717, 1.165) is 54.1 Å². The quantitative estimate of drug-likeness (QED) is 0.576. The number of aromatic nitrogens is 3. The van der Waals surface area contributed by atoms with Crippen molar-refractivity contribution in [3.63, 3.8) is 0 Å². The monoisotopic (exact) mass is 513 g/mol. The molecule has 1 N–H and O–H groups in total. The van der Waals surface area contributed by atoms with Crippen molar-refractivity contribution in [2.24, 2.45) is 0 Å². The highest BCUT2D eigenvalue weighted by Crippen LogP contribution is 2.42. The number of nitrogens with one attached hydrogen (secondary N) is 1. The number of rotatable bonds is 4. The van der Waals surface area contributed by atoms with Crippen LogP contribution in [0, 0.1) is 6.92 Å². The molecule has 38 heavy (non-hydrogen) atoms. The van der Waals surface area contributed by atoms with Crippen LogP contribution in [0.1, 0.15) is 48.8 Å². The van der Waals surface area contributed by atoms with Gasteiger partial charge in [0.2, 0.25) is 11.7 Å². The lowest BCUT2D eigenvalue weighted by Gasteiger charge is -2.43. The Balaban J connectivity index is 1.47. The highest BCUT2D eigenvalue weighted by Gasteiger charge is 2.38. The Morgan fingerprint density at radius 2 is 1.71 bits per heavy atom. The minimum Gasteiger partial charge on any atom is -0.355 e. The minimum absolute atomic E-state index is 0.115. The molecular formula is C29H35N7O2. The maximum atomic E-state index is 13.4. The van der Waals surface area contributed by atoms with E-state index in [9.17, 15) is 9.59 Å². The zero-order valence-corrected chi connectivity index (χ0v) is 22.4. The van der Waals surface area contributed by atoms with Crippen LogP contribution in [-0.4, -0.2) is 76.8 Å². The fourth-order valence-corrected chi connectivity index (χ4v) is 6.04. The Morgan fingerprint density at radius 1 is 1.00 bits per heavy atom. The number of benzene rings is 2. The van der Waals surface area contributed by atoms with Crippen LogP contribution in [0.15, 0.2) is 42.5 Å². The molecule has 2 amide bonds. The number of fused-ring (bicyclic) bond motifs is 1. The van der Waals surface area contributed by atoms with E-state index in [0.29, 0.717) is 25.0 Å². The lowest BCUT2D eigenvalue weighted by molar-refractivity contribution is -0.119. The average Bonchev–Trinajstić information content (AvgIpc) is 3.63. The Hall–Kier alpha value is -3.72. The maximum Gasteiger partial charge on any atom is 0.293 e.